The van der Waals surface area contributed by atoms with Crippen LogP contribution < -0.4 is 0 Å². The van der Waals surface area contributed by atoms with Crippen LogP contribution in [-0.4, -0.2) is 23.6 Å². The third-order valence-corrected chi connectivity index (χ3v) is 5.94. The van der Waals surface area contributed by atoms with Crippen LogP contribution >= 0.6 is 0 Å². The molecule has 0 amide bonds. The lowest BCUT2D eigenvalue weighted by molar-refractivity contribution is -0.142. The van der Waals surface area contributed by atoms with Crippen LogP contribution in [-0.2, 0) is 27.4 Å². The first kappa shape index (κ1) is 24.0. The lowest BCUT2D eigenvalue weighted by Crippen LogP contribution is -2.11. The summed E-state index contributed by atoms with van der Waals surface area (Å²) in [6.07, 6.45) is 8.38. The molecule has 0 saturated heterocycles. The fourth-order valence-corrected chi connectivity index (χ4v) is 4.40. The molecule has 5 nitrogen and oxygen atoms in total. The Morgan fingerprint density at radius 2 is 1.80 bits per heavy atom. The molecule has 0 radical (unpaired) electrons. The SMILES string of the molecule is CCCCCCCC(CC)c1cccc2c1c(C(=O)OC)c(COC(C)=O)n2CC. The number of esters is 2. The molecule has 0 spiro atoms. The van der Waals surface area contributed by atoms with E-state index in [-0.39, 0.29) is 18.5 Å². The van der Waals surface area contributed by atoms with Crippen molar-refractivity contribution in [1.82, 2.24) is 4.57 Å². The van der Waals surface area contributed by atoms with E-state index in [0.717, 1.165) is 23.7 Å². The smallest absolute Gasteiger partial charge is 0.340 e. The van der Waals surface area contributed by atoms with E-state index < -0.39 is 0 Å². The minimum Gasteiger partial charge on any atom is -0.465 e. The lowest BCUT2D eigenvalue weighted by atomic mass is 9.87. The molecular weight excluding hydrogens is 378 g/mol. The molecule has 1 heterocycles. The standard InChI is InChI=1S/C25H37NO4/c1-6-9-10-11-12-14-19(7-2)20-15-13-16-21-23(20)24(25(28)29-5)22(26(21)8-3)17-30-18(4)27/h13,15-16,19H,6-12,14,17H2,1-5H3. The number of aromatic nitrogens is 1. The number of benzene rings is 1. The summed E-state index contributed by atoms with van der Waals surface area (Å²) >= 11 is 0. The second-order valence-corrected chi connectivity index (χ2v) is 7.89. The molecule has 0 aliphatic rings. The average Bonchev–Trinajstić information content (AvgIpc) is 3.07. The Labute approximate surface area is 180 Å². The first-order valence-corrected chi connectivity index (χ1v) is 11.4. The molecule has 2 rings (SSSR count). The summed E-state index contributed by atoms with van der Waals surface area (Å²) < 4.78 is 12.5. The van der Waals surface area contributed by atoms with Gasteiger partial charge in [-0.25, -0.2) is 4.79 Å². The van der Waals surface area contributed by atoms with E-state index in [1.54, 1.807) is 0 Å². The predicted molar refractivity (Wildman–Crippen MR) is 121 cm³/mol. The minimum absolute atomic E-state index is 0.0650. The van der Waals surface area contributed by atoms with Crippen molar-refractivity contribution in [3.8, 4) is 0 Å². The highest BCUT2D eigenvalue weighted by atomic mass is 16.5. The molecule has 30 heavy (non-hydrogen) atoms. The van der Waals surface area contributed by atoms with Crippen molar-refractivity contribution in [3.05, 3.63) is 35.0 Å². The Kier molecular flexibility index (Phi) is 9.41. The molecule has 0 N–H and O–H groups in total. The molecule has 0 aliphatic carbocycles. The Morgan fingerprint density at radius 1 is 1.07 bits per heavy atom. The molecule has 0 saturated carbocycles. The van der Waals surface area contributed by atoms with Crippen molar-refractivity contribution in [1.29, 1.82) is 0 Å². The lowest BCUT2D eigenvalue weighted by Gasteiger charge is -2.17. The number of rotatable bonds is 12. The zero-order valence-corrected chi connectivity index (χ0v) is 19.3. The Hall–Kier alpha value is -2.30. The molecule has 166 valence electrons. The highest BCUT2D eigenvalue weighted by molar-refractivity contribution is 6.07. The summed E-state index contributed by atoms with van der Waals surface area (Å²) in [5.74, 6) is -0.356. The van der Waals surface area contributed by atoms with Crippen LogP contribution in [0.2, 0.25) is 0 Å². The predicted octanol–water partition coefficient (Wildman–Crippen LogP) is 6.37. The maximum Gasteiger partial charge on any atom is 0.340 e. The van der Waals surface area contributed by atoms with Gasteiger partial charge < -0.3 is 14.0 Å². The van der Waals surface area contributed by atoms with Crippen molar-refractivity contribution in [2.75, 3.05) is 7.11 Å². The number of carbonyl (C=O) groups is 2. The molecule has 1 unspecified atom stereocenters. The van der Waals surface area contributed by atoms with E-state index in [9.17, 15) is 9.59 Å². The molecule has 1 atom stereocenters. The fraction of sp³-hybridized carbons (Fsp3) is 0.600. The molecule has 0 aliphatic heterocycles. The zero-order valence-electron chi connectivity index (χ0n) is 19.3. The minimum atomic E-state index is -0.375. The van der Waals surface area contributed by atoms with Gasteiger partial charge >= 0.3 is 11.9 Å². The van der Waals surface area contributed by atoms with Gasteiger partial charge in [-0.2, -0.15) is 0 Å². The van der Waals surface area contributed by atoms with Gasteiger partial charge in [-0.05, 0) is 37.3 Å². The van der Waals surface area contributed by atoms with Gasteiger partial charge in [-0.3, -0.25) is 4.79 Å². The Morgan fingerprint density at radius 3 is 2.40 bits per heavy atom. The third kappa shape index (κ3) is 5.44. The quantitative estimate of drug-likeness (QED) is 0.299. The van der Waals surface area contributed by atoms with Gasteiger partial charge in [0.05, 0.1) is 18.4 Å². The van der Waals surface area contributed by atoms with Crippen LogP contribution in [0.5, 0.6) is 0 Å². The molecule has 1 aromatic carbocycles. The van der Waals surface area contributed by atoms with Crippen molar-refractivity contribution < 1.29 is 19.1 Å². The van der Waals surface area contributed by atoms with Crippen LogP contribution in [0.4, 0.5) is 0 Å². The van der Waals surface area contributed by atoms with E-state index in [1.165, 1.54) is 51.7 Å². The van der Waals surface area contributed by atoms with Gasteiger partial charge in [0.25, 0.3) is 0 Å². The zero-order chi connectivity index (χ0) is 22.1. The highest BCUT2D eigenvalue weighted by Gasteiger charge is 2.27. The second-order valence-electron chi connectivity index (χ2n) is 7.89. The van der Waals surface area contributed by atoms with Gasteiger partial charge in [-0.15, -0.1) is 0 Å². The molecule has 5 heteroatoms. The highest BCUT2D eigenvalue weighted by Crippen LogP contribution is 2.37. The van der Waals surface area contributed by atoms with Gasteiger partial charge in [0, 0.05) is 24.4 Å². The monoisotopic (exact) mass is 415 g/mol. The number of unbranched alkanes of at least 4 members (excludes halogenated alkanes) is 4. The number of carbonyl (C=O) groups excluding carboxylic acids is 2. The van der Waals surface area contributed by atoms with E-state index in [1.807, 2.05) is 13.0 Å². The molecule has 2 aromatic rings. The third-order valence-electron chi connectivity index (χ3n) is 5.94. The largest absolute Gasteiger partial charge is 0.465 e. The summed E-state index contributed by atoms with van der Waals surface area (Å²) in [5, 5.41) is 0.953. The molecule has 0 fully saturated rings. The maximum absolute atomic E-state index is 12.8. The molecular formula is C25H37NO4. The van der Waals surface area contributed by atoms with Crippen LogP contribution in [0, 0.1) is 0 Å². The van der Waals surface area contributed by atoms with Crippen molar-refractivity contribution in [2.24, 2.45) is 0 Å². The summed E-state index contributed by atoms with van der Waals surface area (Å²) in [4.78, 5) is 24.3. The maximum atomic E-state index is 12.8. The van der Waals surface area contributed by atoms with Gasteiger partial charge in [0.1, 0.15) is 6.61 Å². The topological polar surface area (TPSA) is 57.5 Å². The van der Waals surface area contributed by atoms with E-state index in [0.29, 0.717) is 23.7 Å². The first-order valence-electron chi connectivity index (χ1n) is 11.4. The van der Waals surface area contributed by atoms with Crippen LogP contribution in [0.25, 0.3) is 10.9 Å². The van der Waals surface area contributed by atoms with Gasteiger partial charge in [0.15, 0.2) is 0 Å². The van der Waals surface area contributed by atoms with Gasteiger partial charge in [0.2, 0.25) is 0 Å². The number of methoxy groups -OCH3 is 1. The number of nitrogens with zero attached hydrogens (tertiary/aromatic N) is 1. The number of hydrogen-bond acceptors (Lipinski definition) is 4. The van der Waals surface area contributed by atoms with Crippen molar-refractivity contribution in [2.45, 2.75) is 91.7 Å². The first-order chi connectivity index (χ1) is 14.5. The summed E-state index contributed by atoms with van der Waals surface area (Å²) in [6.45, 7) is 8.61. The van der Waals surface area contributed by atoms with Crippen molar-refractivity contribution >= 4 is 22.8 Å². The van der Waals surface area contributed by atoms with E-state index in [2.05, 4.69) is 30.5 Å². The number of hydrogen-bond donors (Lipinski definition) is 0. The van der Waals surface area contributed by atoms with Crippen LogP contribution in [0.1, 0.15) is 100 Å². The Bertz CT molecular complexity index is 852. The van der Waals surface area contributed by atoms with Crippen LogP contribution in [0.15, 0.2) is 18.2 Å². The number of fused-ring (bicyclic) bond motifs is 1. The van der Waals surface area contributed by atoms with E-state index >= 15 is 0 Å². The summed E-state index contributed by atoms with van der Waals surface area (Å²) in [5.41, 5.74) is 3.44. The second kappa shape index (κ2) is 11.8. The normalized spacial score (nSPS) is 12.2. The van der Waals surface area contributed by atoms with Crippen molar-refractivity contribution in [3.63, 3.8) is 0 Å². The van der Waals surface area contributed by atoms with E-state index in [4.69, 9.17) is 9.47 Å². The molecule has 0 bridgehead atoms. The van der Waals surface area contributed by atoms with Gasteiger partial charge in [-0.1, -0.05) is 58.1 Å². The molecule has 1 aromatic heterocycles. The van der Waals surface area contributed by atoms with Crippen LogP contribution in [0.3, 0.4) is 0 Å². The number of aryl methyl sites for hydroxylation is 1. The average molecular weight is 416 g/mol. The summed E-state index contributed by atoms with van der Waals surface area (Å²) in [7, 11) is 1.40. The summed E-state index contributed by atoms with van der Waals surface area (Å²) in [6, 6.07) is 6.25. The Balaban J connectivity index is 2.54. The number of ether oxygens (including phenoxy) is 2. The fourth-order valence-electron chi connectivity index (χ4n) is 4.40.